The fourth-order valence-electron chi connectivity index (χ4n) is 4.85. The minimum absolute atomic E-state index is 0.107. The summed E-state index contributed by atoms with van der Waals surface area (Å²) in [6.45, 7) is 9.21. The van der Waals surface area contributed by atoms with Crippen LogP contribution in [0.3, 0.4) is 0 Å². The molecule has 1 heterocycles. The summed E-state index contributed by atoms with van der Waals surface area (Å²) in [5.74, 6) is 1.29. The molecule has 2 nitrogen and oxygen atoms in total. The number of rotatable bonds is 5. The highest BCUT2D eigenvalue weighted by Crippen LogP contribution is 2.55. The number of hydrogen-bond donors (Lipinski definition) is 1. The topological polar surface area (TPSA) is 29.5 Å². The summed E-state index contributed by atoms with van der Waals surface area (Å²) in [6.07, 6.45) is 6.93. The monoisotopic (exact) mass is 394 g/mol. The van der Waals surface area contributed by atoms with Crippen molar-refractivity contribution in [3.8, 4) is 0 Å². The molecule has 0 amide bonds. The summed E-state index contributed by atoms with van der Waals surface area (Å²) in [4.78, 5) is 0. The molecule has 1 saturated heterocycles. The summed E-state index contributed by atoms with van der Waals surface area (Å²) in [7, 11) is 0. The van der Waals surface area contributed by atoms with Crippen LogP contribution in [0.2, 0.25) is 0 Å². The Labute approximate surface area is 167 Å². The van der Waals surface area contributed by atoms with Crippen LogP contribution in [-0.2, 0) is 10.3 Å². The smallest absolute Gasteiger partial charge is 0.138 e. The van der Waals surface area contributed by atoms with E-state index in [1.165, 1.54) is 12.8 Å². The van der Waals surface area contributed by atoms with E-state index in [1.54, 1.807) is 11.8 Å². The predicted octanol–water partition coefficient (Wildman–Crippen LogP) is 5.69. The first-order valence-corrected chi connectivity index (χ1v) is 12.1. The molecule has 2 fully saturated rings. The van der Waals surface area contributed by atoms with Crippen molar-refractivity contribution in [3.63, 3.8) is 0 Å². The number of benzene rings is 1. The maximum atomic E-state index is 12.1. The highest BCUT2D eigenvalue weighted by Gasteiger charge is 2.55. The van der Waals surface area contributed by atoms with Gasteiger partial charge in [0.1, 0.15) is 11.0 Å². The molecule has 1 aromatic rings. The standard InChI is InChI=1S/C22H34O2S2/c1-6-19(25-5)22(23,16-10-8-7-9-11-16)20-24-18-14-15(2)12-13-17(18)21(3,4)26-20/h7-11,15,17-20,23H,6,12-14H2,1-5H3/t15-,17-,18-,19-,20-,22-/m1/s1. The van der Waals surface area contributed by atoms with Crippen molar-refractivity contribution in [2.75, 3.05) is 6.26 Å². The van der Waals surface area contributed by atoms with E-state index >= 15 is 0 Å². The molecule has 2 aliphatic rings. The Balaban J connectivity index is 1.99. The molecule has 4 heteroatoms. The Morgan fingerprint density at radius 3 is 2.62 bits per heavy atom. The normalized spacial score (nSPS) is 34.5. The van der Waals surface area contributed by atoms with Crippen LogP contribution in [0.4, 0.5) is 0 Å². The molecule has 0 radical (unpaired) electrons. The molecule has 26 heavy (non-hydrogen) atoms. The lowest BCUT2D eigenvalue weighted by atomic mass is 9.74. The van der Waals surface area contributed by atoms with E-state index in [0.29, 0.717) is 11.8 Å². The van der Waals surface area contributed by atoms with Gasteiger partial charge in [0.2, 0.25) is 0 Å². The third-order valence-electron chi connectivity index (χ3n) is 6.40. The van der Waals surface area contributed by atoms with Crippen molar-refractivity contribution in [2.45, 2.75) is 80.5 Å². The fraction of sp³-hybridized carbons (Fsp3) is 0.727. The van der Waals surface area contributed by atoms with Gasteiger partial charge in [0.05, 0.1) is 6.10 Å². The molecule has 1 aromatic carbocycles. The first kappa shape index (κ1) is 20.6. The molecule has 6 atom stereocenters. The van der Waals surface area contributed by atoms with Crippen molar-refractivity contribution in [1.29, 1.82) is 0 Å². The van der Waals surface area contributed by atoms with Gasteiger partial charge in [-0.05, 0) is 42.9 Å². The van der Waals surface area contributed by atoms with Gasteiger partial charge in [-0.3, -0.25) is 0 Å². The largest absolute Gasteiger partial charge is 0.380 e. The minimum atomic E-state index is -0.983. The van der Waals surface area contributed by atoms with Gasteiger partial charge >= 0.3 is 0 Å². The zero-order valence-corrected chi connectivity index (χ0v) is 18.4. The van der Waals surface area contributed by atoms with E-state index in [9.17, 15) is 5.11 Å². The Morgan fingerprint density at radius 1 is 1.31 bits per heavy atom. The van der Waals surface area contributed by atoms with Gasteiger partial charge in [-0.2, -0.15) is 11.8 Å². The van der Waals surface area contributed by atoms with Gasteiger partial charge < -0.3 is 9.84 Å². The maximum absolute atomic E-state index is 12.1. The lowest BCUT2D eigenvalue weighted by molar-refractivity contribution is -0.137. The van der Waals surface area contributed by atoms with Crippen molar-refractivity contribution in [2.24, 2.45) is 11.8 Å². The van der Waals surface area contributed by atoms with E-state index in [-0.39, 0.29) is 21.5 Å². The van der Waals surface area contributed by atoms with Crippen LogP contribution < -0.4 is 0 Å². The second-order valence-electron chi connectivity index (χ2n) is 8.58. The lowest BCUT2D eigenvalue weighted by Crippen LogP contribution is -2.57. The van der Waals surface area contributed by atoms with E-state index in [2.05, 4.69) is 46.1 Å². The number of aliphatic hydroxyl groups is 1. The van der Waals surface area contributed by atoms with Crippen molar-refractivity contribution < 1.29 is 9.84 Å². The van der Waals surface area contributed by atoms with Crippen LogP contribution in [0.15, 0.2) is 30.3 Å². The molecule has 1 N–H and O–H groups in total. The zero-order valence-electron chi connectivity index (χ0n) is 16.8. The van der Waals surface area contributed by atoms with E-state index in [4.69, 9.17) is 4.74 Å². The van der Waals surface area contributed by atoms with Gasteiger partial charge in [0, 0.05) is 10.00 Å². The fourth-order valence-corrected chi connectivity index (χ4v) is 7.57. The molecule has 0 unspecified atom stereocenters. The number of fused-ring (bicyclic) bond motifs is 1. The van der Waals surface area contributed by atoms with Crippen LogP contribution in [0.1, 0.15) is 58.9 Å². The molecule has 1 aliphatic heterocycles. The van der Waals surface area contributed by atoms with Crippen LogP contribution >= 0.6 is 23.5 Å². The second kappa shape index (κ2) is 8.06. The molecular formula is C22H34O2S2. The molecule has 0 bridgehead atoms. The Bertz CT molecular complexity index is 587. The van der Waals surface area contributed by atoms with Crippen LogP contribution in [0.25, 0.3) is 0 Å². The van der Waals surface area contributed by atoms with Crippen LogP contribution in [0, 0.1) is 11.8 Å². The van der Waals surface area contributed by atoms with Crippen LogP contribution in [0.5, 0.6) is 0 Å². The first-order chi connectivity index (χ1) is 12.3. The van der Waals surface area contributed by atoms with Gasteiger partial charge in [0.25, 0.3) is 0 Å². The molecule has 146 valence electrons. The summed E-state index contributed by atoms with van der Waals surface area (Å²) < 4.78 is 6.82. The Hall–Kier alpha value is -0.160. The highest BCUT2D eigenvalue weighted by atomic mass is 32.2. The average molecular weight is 395 g/mol. The Kier molecular flexibility index (Phi) is 6.38. The summed E-state index contributed by atoms with van der Waals surface area (Å²) in [5.41, 5.74) is -0.233. The van der Waals surface area contributed by atoms with E-state index in [0.717, 1.165) is 18.4 Å². The number of ether oxygens (including phenoxy) is 1. The maximum Gasteiger partial charge on any atom is 0.138 e. The van der Waals surface area contributed by atoms with Gasteiger partial charge in [-0.1, -0.05) is 64.4 Å². The van der Waals surface area contributed by atoms with Gasteiger partial charge in [0.15, 0.2) is 0 Å². The molecule has 0 spiro atoms. The van der Waals surface area contributed by atoms with Crippen LogP contribution in [-0.4, -0.2) is 32.9 Å². The Morgan fingerprint density at radius 2 is 2.00 bits per heavy atom. The lowest BCUT2D eigenvalue weighted by Gasteiger charge is -2.54. The summed E-state index contributed by atoms with van der Waals surface area (Å²) >= 11 is 3.60. The quantitative estimate of drug-likeness (QED) is 0.695. The number of thioether (sulfide) groups is 2. The van der Waals surface area contributed by atoms with Crippen molar-refractivity contribution in [3.05, 3.63) is 35.9 Å². The molecule has 1 aliphatic carbocycles. The average Bonchev–Trinajstić information content (AvgIpc) is 2.62. The second-order valence-corrected chi connectivity index (χ2v) is 11.3. The van der Waals surface area contributed by atoms with Gasteiger partial charge in [-0.25, -0.2) is 0 Å². The van der Waals surface area contributed by atoms with E-state index in [1.807, 2.05) is 30.0 Å². The van der Waals surface area contributed by atoms with E-state index < -0.39 is 5.60 Å². The first-order valence-electron chi connectivity index (χ1n) is 9.96. The number of hydrogen-bond acceptors (Lipinski definition) is 4. The highest BCUT2D eigenvalue weighted by molar-refractivity contribution is 8.01. The minimum Gasteiger partial charge on any atom is -0.380 e. The summed E-state index contributed by atoms with van der Waals surface area (Å²) in [5, 5.41) is 12.2. The SMILES string of the molecule is CC[C@@H](SC)[C@](O)(c1ccccc1)[C@@H]1O[C@@H]2C[C@H](C)CC[C@H]2C(C)(C)S1. The molecule has 3 rings (SSSR count). The van der Waals surface area contributed by atoms with Crippen molar-refractivity contribution >= 4 is 23.5 Å². The van der Waals surface area contributed by atoms with Gasteiger partial charge in [-0.15, -0.1) is 11.8 Å². The zero-order chi connectivity index (χ0) is 18.9. The van der Waals surface area contributed by atoms with Crippen molar-refractivity contribution in [1.82, 2.24) is 0 Å². The third-order valence-corrected chi connectivity index (χ3v) is 9.25. The molecule has 0 aromatic heterocycles. The molecule has 1 saturated carbocycles. The molecular weight excluding hydrogens is 360 g/mol. The predicted molar refractivity (Wildman–Crippen MR) is 115 cm³/mol. The third kappa shape index (κ3) is 3.72. The summed E-state index contributed by atoms with van der Waals surface area (Å²) in [6, 6.07) is 10.2.